The summed E-state index contributed by atoms with van der Waals surface area (Å²) >= 11 is 0. The number of benzene rings is 2. The summed E-state index contributed by atoms with van der Waals surface area (Å²) in [6.07, 6.45) is 0. The minimum Gasteiger partial charge on any atom is -0.346 e. The average molecular weight is 412 g/mol. The van der Waals surface area contributed by atoms with E-state index in [1.165, 1.54) is 11.0 Å². The van der Waals surface area contributed by atoms with Crippen molar-refractivity contribution in [2.75, 3.05) is 6.54 Å². The molecule has 2 amide bonds. The van der Waals surface area contributed by atoms with Gasteiger partial charge in [-0.15, -0.1) is 9.24 Å². The molecule has 4 rings (SSSR count). The minimum atomic E-state index is -0.746. The monoisotopic (exact) mass is 412 g/mol. The van der Waals surface area contributed by atoms with Crippen LogP contribution in [0.2, 0.25) is 0 Å². The van der Waals surface area contributed by atoms with E-state index in [0.717, 1.165) is 5.30 Å². The molecule has 0 aliphatic carbocycles. The van der Waals surface area contributed by atoms with Gasteiger partial charge in [-0.2, -0.15) is 4.98 Å². The molecule has 1 saturated heterocycles. The molecule has 0 spiro atoms. The van der Waals surface area contributed by atoms with Gasteiger partial charge in [0.05, 0.1) is 6.04 Å². The fourth-order valence-electron chi connectivity index (χ4n) is 3.21. The van der Waals surface area contributed by atoms with E-state index in [1.54, 1.807) is 37.3 Å². The zero-order valence-corrected chi connectivity index (χ0v) is 16.7. The van der Waals surface area contributed by atoms with E-state index in [1.807, 2.05) is 12.1 Å². The summed E-state index contributed by atoms with van der Waals surface area (Å²) in [6.45, 7) is 1.70. The van der Waals surface area contributed by atoms with Gasteiger partial charge in [0.2, 0.25) is 5.91 Å². The van der Waals surface area contributed by atoms with Gasteiger partial charge in [0.15, 0.2) is 0 Å². The van der Waals surface area contributed by atoms with Crippen molar-refractivity contribution in [1.82, 2.24) is 20.4 Å². The number of nitrogens with one attached hydrogen (secondary N) is 1. The molecular formula is C20H18FN4O3P. The van der Waals surface area contributed by atoms with Gasteiger partial charge in [0, 0.05) is 17.7 Å². The molecule has 7 nitrogen and oxygen atoms in total. The molecule has 0 saturated carbocycles. The summed E-state index contributed by atoms with van der Waals surface area (Å²) in [5.41, 5.74) is 0.994. The van der Waals surface area contributed by atoms with E-state index in [9.17, 15) is 14.0 Å². The maximum atomic E-state index is 14.2. The standard InChI is InChI=1S/C20H18FN4O3P/c1-11-18(26)22-16(14-4-2-3-5-15(14)21)10-25(11)20(27)17-23-19(28-24-17)12-6-8-13(29)9-7-12/h2-9,11,16H,10,29H2,1H3,(H,22,26). The van der Waals surface area contributed by atoms with Crippen LogP contribution >= 0.6 is 9.24 Å². The number of rotatable bonds is 3. The first-order chi connectivity index (χ1) is 13.9. The molecule has 3 atom stereocenters. The van der Waals surface area contributed by atoms with Gasteiger partial charge in [-0.05, 0) is 30.4 Å². The van der Waals surface area contributed by atoms with Crippen molar-refractivity contribution in [1.29, 1.82) is 0 Å². The van der Waals surface area contributed by atoms with Gasteiger partial charge in [-0.1, -0.05) is 35.5 Å². The largest absolute Gasteiger partial charge is 0.346 e. The van der Waals surface area contributed by atoms with E-state index < -0.39 is 23.8 Å². The lowest BCUT2D eigenvalue weighted by atomic mass is 10.0. The number of amides is 2. The Labute approximate surface area is 168 Å². The number of aromatic nitrogens is 2. The highest BCUT2D eigenvalue weighted by atomic mass is 31.0. The molecule has 2 aromatic carbocycles. The number of hydrogen-bond donors (Lipinski definition) is 1. The van der Waals surface area contributed by atoms with Crippen LogP contribution in [0.5, 0.6) is 0 Å². The quantitative estimate of drug-likeness (QED) is 0.666. The molecule has 9 heteroatoms. The lowest BCUT2D eigenvalue weighted by molar-refractivity contribution is -0.128. The Bertz CT molecular complexity index is 1070. The molecule has 3 unspecified atom stereocenters. The molecule has 1 N–H and O–H groups in total. The maximum absolute atomic E-state index is 14.2. The van der Waals surface area contributed by atoms with Gasteiger partial charge in [-0.25, -0.2) is 4.39 Å². The third-order valence-corrected chi connectivity index (χ3v) is 5.24. The van der Waals surface area contributed by atoms with Crippen LogP contribution in [0.1, 0.15) is 29.1 Å². The van der Waals surface area contributed by atoms with Crippen molar-refractivity contribution >= 4 is 26.4 Å². The van der Waals surface area contributed by atoms with E-state index in [4.69, 9.17) is 4.52 Å². The number of nitrogens with zero attached hydrogens (tertiary/aromatic N) is 3. The number of piperazine rings is 1. The summed E-state index contributed by atoms with van der Waals surface area (Å²) in [7, 11) is 2.58. The Morgan fingerprint density at radius 2 is 1.97 bits per heavy atom. The number of carbonyl (C=O) groups excluding carboxylic acids is 2. The molecule has 148 valence electrons. The minimum absolute atomic E-state index is 0.0955. The predicted octanol–water partition coefficient (Wildman–Crippen LogP) is 2.08. The molecule has 1 aliphatic heterocycles. The van der Waals surface area contributed by atoms with Crippen LogP contribution in [0.15, 0.2) is 53.1 Å². The van der Waals surface area contributed by atoms with Crippen LogP contribution in [0.3, 0.4) is 0 Å². The first kappa shape index (κ1) is 19.2. The van der Waals surface area contributed by atoms with Gasteiger partial charge >= 0.3 is 0 Å². The Morgan fingerprint density at radius 3 is 2.69 bits per heavy atom. The second-order valence-electron chi connectivity index (χ2n) is 6.76. The fraction of sp³-hybridized carbons (Fsp3) is 0.200. The van der Waals surface area contributed by atoms with Crippen molar-refractivity contribution < 1.29 is 18.5 Å². The zero-order chi connectivity index (χ0) is 20.5. The Balaban J connectivity index is 1.59. The van der Waals surface area contributed by atoms with Crippen LogP contribution in [-0.4, -0.2) is 39.4 Å². The molecule has 3 aromatic rings. The van der Waals surface area contributed by atoms with Crippen LogP contribution < -0.4 is 10.6 Å². The van der Waals surface area contributed by atoms with E-state index in [2.05, 4.69) is 24.7 Å². The molecule has 0 radical (unpaired) electrons. The topological polar surface area (TPSA) is 88.3 Å². The predicted molar refractivity (Wildman–Crippen MR) is 107 cm³/mol. The van der Waals surface area contributed by atoms with Crippen LogP contribution in [-0.2, 0) is 4.79 Å². The van der Waals surface area contributed by atoms with Crippen molar-refractivity contribution in [2.45, 2.75) is 19.0 Å². The third kappa shape index (κ3) is 3.76. The Kier molecular flexibility index (Phi) is 5.11. The van der Waals surface area contributed by atoms with Crippen LogP contribution in [0, 0.1) is 5.82 Å². The summed E-state index contributed by atoms with van der Waals surface area (Å²) in [5.74, 6) is -1.31. The zero-order valence-electron chi connectivity index (χ0n) is 15.5. The van der Waals surface area contributed by atoms with Crippen molar-refractivity contribution in [3.05, 3.63) is 65.7 Å². The molecule has 2 heterocycles. The number of carbonyl (C=O) groups is 2. The maximum Gasteiger partial charge on any atom is 0.296 e. The fourth-order valence-corrected chi connectivity index (χ4v) is 3.40. The second-order valence-corrected chi connectivity index (χ2v) is 7.43. The van der Waals surface area contributed by atoms with Gasteiger partial charge in [-0.3, -0.25) is 9.59 Å². The van der Waals surface area contributed by atoms with Gasteiger partial charge in [0.25, 0.3) is 17.6 Å². The highest BCUT2D eigenvalue weighted by Crippen LogP contribution is 2.24. The summed E-state index contributed by atoms with van der Waals surface area (Å²) in [6, 6.07) is 12.1. The van der Waals surface area contributed by atoms with E-state index >= 15 is 0 Å². The molecule has 0 bridgehead atoms. The van der Waals surface area contributed by atoms with E-state index in [0.29, 0.717) is 11.1 Å². The number of hydrogen-bond acceptors (Lipinski definition) is 5. The number of halogens is 1. The van der Waals surface area contributed by atoms with Gasteiger partial charge < -0.3 is 14.7 Å². The van der Waals surface area contributed by atoms with Crippen LogP contribution in [0.4, 0.5) is 4.39 Å². The molecule has 1 fully saturated rings. The highest BCUT2D eigenvalue weighted by molar-refractivity contribution is 7.27. The first-order valence-corrected chi connectivity index (χ1v) is 9.57. The Hall–Kier alpha value is -3.12. The molecular weight excluding hydrogens is 394 g/mol. The third-order valence-electron chi connectivity index (χ3n) is 4.86. The molecule has 1 aliphatic rings. The Morgan fingerprint density at radius 1 is 1.24 bits per heavy atom. The SMILES string of the molecule is CC1C(=O)NC(c2ccccc2F)CN1C(=O)c1noc(-c2ccc(P)cc2)n1. The molecule has 1 aromatic heterocycles. The highest BCUT2D eigenvalue weighted by Gasteiger charge is 2.37. The molecule has 29 heavy (non-hydrogen) atoms. The van der Waals surface area contributed by atoms with Crippen molar-refractivity contribution in [2.24, 2.45) is 0 Å². The normalized spacial score (nSPS) is 19.1. The van der Waals surface area contributed by atoms with E-state index in [-0.39, 0.29) is 24.2 Å². The van der Waals surface area contributed by atoms with Crippen molar-refractivity contribution in [3.63, 3.8) is 0 Å². The lowest BCUT2D eigenvalue weighted by Gasteiger charge is -2.37. The lowest BCUT2D eigenvalue weighted by Crippen LogP contribution is -2.57. The second kappa shape index (κ2) is 7.72. The first-order valence-electron chi connectivity index (χ1n) is 8.99. The summed E-state index contributed by atoms with van der Waals surface area (Å²) in [4.78, 5) is 30.9. The average Bonchev–Trinajstić information content (AvgIpc) is 3.20. The smallest absolute Gasteiger partial charge is 0.296 e. The van der Waals surface area contributed by atoms with Crippen molar-refractivity contribution in [3.8, 4) is 11.5 Å². The van der Waals surface area contributed by atoms with Crippen LogP contribution in [0.25, 0.3) is 11.5 Å². The summed E-state index contributed by atoms with van der Waals surface area (Å²) < 4.78 is 19.4. The van der Waals surface area contributed by atoms with Gasteiger partial charge in [0.1, 0.15) is 11.9 Å². The summed E-state index contributed by atoms with van der Waals surface area (Å²) in [5, 5.41) is 7.53.